The summed E-state index contributed by atoms with van der Waals surface area (Å²) < 4.78 is 0. The van der Waals surface area contributed by atoms with Gasteiger partial charge in [0.15, 0.2) is 5.82 Å². The molecule has 0 bridgehead atoms. The van der Waals surface area contributed by atoms with E-state index in [0.29, 0.717) is 17.7 Å². The van der Waals surface area contributed by atoms with E-state index < -0.39 is 0 Å². The molecule has 3 aliphatic rings. The molecule has 0 spiro atoms. The maximum atomic E-state index is 12.5. The maximum absolute atomic E-state index is 12.5. The molecule has 0 aromatic carbocycles. The van der Waals surface area contributed by atoms with E-state index in [4.69, 9.17) is 0 Å². The second-order valence-corrected chi connectivity index (χ2v) is 6.24. The molecule has 3 atom stereocenters. The van der Waals surface area contributed by atoms with Crippen LogP contribution < -0.4 is 0 Å². The fraction of sp³-hybridized carbons (Fsp3) is 0.846. The number of carbonyl (C=O) groups excluding carboxylic acids is 1. The van der Waals surface area contributed by atoms with Gasteiger partial charge < -0.3 is 4.90 Å². The highest BCUT2D eigenvalue weighted by Crippen LogP contribution is 2.55. The maximum Gasteiger partial charge on any atom is 0.226 e. The first-order valence-corrected chi connectivity index (χ1v) is 7.35. The minimum Gasteiger partial charge on any atom is -0.342 e. The zero-order chi connectivity index (χ0) is 12.8. The van der Waals surface area contributed by atoms with Crippen molar-refractivity contribution in [1.82, 2.24) is 25.5 Å². The Hall–Kier alpha value is -1.46. The molecule has 1 aliphatic heterocycles. The first kappa shape index (κ1) is 11.4. The molecule has 6 nitrogen and oxygen atoms in total. The highest BCUT2D eigenvalue weighted by Gasteiger charge is 2.52. The Morgan fingerprint density at radius 3 is 2.95 bits per heavy atom. The van der Waals surface area contributed by atoms with Crippen molar-refractivity contribution in [2.45, 2.75) is 38.0 Å². The van der Waals surface area contributed by atoms with Crippen molar-refractivity contribution in [2.24, 2.45) is 17.8 Å². The van der Waals surface area contributed by atoms with Gasteiger partial charge in [-0.05, 0) is 43.9 Å². The van der Waals surface area contributed by atoms with Crippen LogP contribution in [0.3, 0.4) is 0 Å². The molecule has 0 radical (unpaired) electrons. The molecule has 6 heteroatoms. The van der Waals surface area contributed by atoms with Crippen LogP contribution in [-0.4, -0.2) is 44.5 Å². The molecule has 1 saturated heterocycles. The van der Waals surface area contributed by atoms with Crippen LogP contribution in [0.25, 0.3) is 0 Å². The molecule has 1 aromatic rings. The SMILES string of the molecule is O=C([C@@H]1C[C@H]1C1CC1)N1CCC[C@@H](c2nn[nH]n2)C1. The van der Waals surface area contributed by atoms with Gasteiger partial charge in [0, 0.05) is 24.9 Å². The molecule has 3 fully saturated rings. The normalized spacial score (nSPS) is 34.3. The Labute approximate surface area is 111 Å². The largest absolute Gasteiger partial charge is 0.342 e. The van der Waals surface area contributed by atoms with E-state index >= 15 is 0 Å². The molecular weight excluding hydrogens is 242 g/mol. The molecule has 19 heavy (non-hydrogen) atoms. The van der Waals surface area contributed by atoms with Crippen molar-refractivity contribution in [3.05, 3.63) is 5.82 Å². The third kappa shape index (κ3) is 2.13. The number of amides is 1. The van der Waals surface area contributed by atoms with Gasteiger partial charge >= 0.3 is 0 Å². The van der Waals surface area contributed by atoms with E-state index in [0.717, 1.165) is 44.1 Å². The van der Waals surface area contributed by atoms with Gasteiger partial charge in [-0.3, -0.25) is 4.79 Å². The van der Waals surface area contributed by atoms with Gasteiger partial charge in [-0.2, -0.15) is 5.21 Å². The predicted octanol–water partition coefficient (Wildman–Crippen LogP) is 0.952. The Morgan fingerprint density at radius 2 is 2.21 bits per heavy atom. The first-order chi connectivity index (χ1) is 9.33. The van der Waals surface area contributed by atoms with Crippen LogP contribution in [0.4, 0.5) is 0 Å². The molecule has 2 aliphatic carbocycles. The lowest BCUT2D eigenvalue weighted by molar-refractivity contribution is -0.134. The number of H-pyrrole nitrogens is 1. The molecule has 102 valence electrons. The zero-order valence-corrected chi connectivity index (χ0v) is 11.0. The van der Waals surface area contributed by atoms with Crippen LogP contribution in [-0.2, 0) is 4.79 Å². The summed E-state index contributed by atoms with van der Waals surface area (Å²) in [4.78, 5) is 14.5. The highest BCUT2D eigenvalue weighted by molar-refractivity contribution is 5.82. The quantitative estimate of drug-likeness (QED) is 0.879. The molecule has 2 heterocycles. The van der Waals surface area contributed by atoms with Crippen molar-refractivity contribution < 1.29 is 4.79 Å². The fourth-order valence-corrected chi connectivity index (χ4v) is 3.51. The van der Waals surface area contributed by atoms with Crippen LogP contribution >= 0.6 is 0 Å². The van der Waals surface area contributed by atoms with Crippen molar-refractivity contribution in [3.63, 3.8) is 0 Å². The van der Waals surface area contributed by atoms with Crippen LogP contribution in [0.2, 0.25) is 0 Å². The predicted molar refractivity (Wildman–Crippen MR) is 67.1 cm³/mol. The smallest absolute Gasteiger partial charge is 0.226 e. The average Bonchev–Trinajstić information content (AvgIpc) is 3.35. The van der Waals surface area contributed by atoms with Crippen molar-refractivity contribution in [1.29, 1.82) is 0 Å². The fourth-order valence-electron chi connectivity index (χ4n) is 3.51. The number of hydrogen-bond acceptors (Lipinski definition) is 4. The topological polar surface area (TPSA) is 74.8 Å². The molecule has 1 amide bonds. The molecule has 0 unspecified atom stereocenters. The zero-order valence-electron chi connectivity index (χ0n) is 11.0. The molecule has 2 saturated carbocycles. The summed E-state index contributed by atoms with van der Waals surface area (Å²) in [7, 11) is 0. The summed E-state index contributed by atoms with van der Waals surface area (Å²) in [5.74, 6) is 3.30. The van der Waals surface area contributed by atoms with Gasteiger partial charge in [-0.25, -0.2) is 0 Å². The molecular formula is C13H19N5O. The average molecular weight is 261 g/mol. The standard InChI is InChI=1S/C13H19N5O/c19-13(11-6-10(11)8-3-4-8)18-5-1-2-9(7-18)12-14-16-17-15-12/h8-11H,1-7H2,(H,14,15,16,17)/t9-,10+,11-/m1/s1. The van der Waals surface area contributed by atoms with E-state index in [1.165, 1.54) is 12.8 Å². The van der Waals surface area contributed by atoms with Gasteiger partial charge in [0.2, 0.25) is 5.91 Å². The Bertz CT molecular complexity index is 469. The second-order valence-electron chi connectivity index (χ2n) is 6.24. The Morgan fingerprint density at radius 1 is 1.32 bits per heavy atom. The number of nitrogens with zero attached hydrogens (tertiary/aromatic N) is 4. The van der Waals surface area contributed by atoms with E-state index in [1.807, 2.05) is 4.90 Å². The van der Waals surface area contributed by atoms with E-state index in [-0.39, 0.29) is 5.92 Å². The monoisotopic (exact) mass is 261 g/mol. The summed E-state index contributed by atoms with van der Waals surface area (Å²) in [5.41, 5.74) is 0. The summed E-state index contributed by atoms with van der Waals surface area (Å²) in [6, 6.07) is 0. The van der Waals surface area contributed by atoms with Gasteiger partial charge in [0.25, 0.3) is 0 Å². The number of aromatic amines is 1. The first-order valence-electron chi connectivity index (χ1n) is 7.35. The van der Waals surface area contributed by atoms with Crippen LogP contribution in [0.15, 0.2) is 0 Å². The molecule has 1 aromatic heterocycles. The van der Waals surface area contributed by atoms with Crippen LogP contribution in [0.1, 0.15) is 43.8 Å². The third-order valence-electron chi connectivity index (χ3n) is 4.84. The van der Waals surface area contributed by atoms with Gasteiger partial charge in [-0.15, -0.1) is 10.2 Å². The third-order valence-corrected chi connectivity index (χ3v) is 4.84. The van der Waals surface area contributed by atoms with Crippen molar-refractivity contribution in [3.8, 4) is 0 Å². The lowest BCUT2D eigenvalue weighted by atomic mass is 9.97. The Balaban J connectivity index is 1.39. The molecule has 1 N–H and O–H groups in total. The summed E-state index contributed by atoms with van der Waals surface area (Å²) >= 11 is 0. The van der Waals surface area contributed by atoms with Crippen molar-refractivity contribution in [2.75, 3.05) is 13.1 Å². The number of piperidine rings is 1. The second kappa shape index (κ2) is 4.28. The number of rotatable bonds is 3. The van der Waals surface area contributed by atoms with E-state index in [9.17, 15) is 4.79 Å². The number of likely N-dealkylation sites (tertiary alicyclic amines) is 1. The van der Waals surface area contributed by atoms with E-state index in [2.05, 4.69) is 20.6 Å². The summed E-state index contributed by atoms with van der Waals surface area (Å²) in [6.45, 7) is 1.67. The van der Waals surface area contributed by atoms with Crippen LogP contribution in [0.5, 0.6) is 0 Å². The lowest BCUT2D eigenvalue weighted by Crippen LogP contribution is -2.40. The van der Waals surface area contributed by atoms with Gasteiger partial charge in [0.05, 0.1) is 0 Å². The van der Waals surface area contributed by atoms with Crippen LogP contribution in [0, 0.1) is 17.8 Å². The summed E-state index contributed by atoms with van der Waals surface area (Å²) in [6.07, 6.45) is 5.93. The number of aromatic nitrogens is 4. The number of tetrazole rings is 1. The number of nitrogens with one attached hydrogen (secondary N) is 1. The van der Waals surface area contributed by atoms with Crippen molar-refractivity contribution >= 4 is 5.91 Å². The molecule has 4 rings (SSSR count). The minimum atomic E-state index is 0.259. The number of hydrogen-bond donors (Lipinski definition) is 1. The highest BCUT2D eigenvalue weighted by atomic mass is 16.2. The van der Waals surface area contributed by atoms with E-state index in [1.54, 1.807) is 0 Å². The summed E-state index contributed by atoms with van der Waals surface area (Å²) in [5, 5.41) is 14.2. The van der Waals surface area contributed by atoms with Gasteiger partial charge in [0.1, 0.15) is 0 Å². The lowest BCUT2D eigenvalue weighted by Gasteiger charge is -2.31. The van der Waals surface area contributed by atoms with Gasteiger partial charge in [-0.1, -0.05) is 5.21 Å². The minimum absolute atomic E-state index is 0.259. The Kier molecular flexibility index (Phi) is 2.56. The number of carbonyl (C=O) groups is 1.